The summed E-state index contributed by atoms with van der Waals surface area (Å²) in [6.07, 6.45) is 6.84. The molecule has 0 saturated heterocycles. The maximum Gasteiger partial charge on any atom is 0.232 e. The molecule has 1 aliphatic heterocycles. The van der Waals surface area contributed by atoms with E-state index >= 15 is 0 Å². The highest BCUT2D eigenvalue weighted by molar-refractivity contribution is 7.92. The van der Waals surface area contributed by atoms with E-state index in [0.717, 1.165) is 12.3 Å². The van der Waals surface area contributed by atoms with E-state index in [9.17, 15) is 13.2 Å². The zero-order valence-electron chi connectivity index (χ0n) is 15.5. The summed E-state index contributed by atoms with van der Waals surface area (Å²) in [5, 5.41) is 3.15. The number of hydrogen-bond donors (Lipinski definition) is 1. The van der Waals surface area contributed by atoms with Gasteiger partial charge in [-0.1, -0.05) is 6.42 Å². The summed E-state index contributed by atoms with van der Waals surface area (Å²) >= 11 is 0. The number of fused-ring (bicyclic) bond motifs is 3. The van der Waals surface area contributed by atoms with Gasteiger partial charge in [-0.25, -0.2) is 8.42 Å². The van der Waals surface area contributed by atoms with Crippen molar-refractivity contribution in [3.8, 4) is 11.5 Å². The van der Waals surface area contributed by atoms with Crippen LogP contribution < -0.4 is 19.1 Å². The topological polar surface area (TPSA) is 84.9 Å². The summed E-state index contributed by atoms with van der Waals surface area (Å²) in [6, 6.07) is 5.39. The Morgan fingerprint density at radius 3 is 2.74 bits per heavy atom. The van der Waals surface area contributed by atoms with Crippen molar-refractivity contribution in [1.82, 2.24) is 5.32 Å². The van der Waals surface area contributed by atoms with Crippen molar-refractivity contribution in [2.75, 3.05) is 23.9 Å². The summed E-state index contributed by atoms with van der Waals surface area (Å²) < 4.78 is 36.4. The number of hydrogen-bond acceptors (Lipinski definition) is 5. The minimum absolute atomic E-state index is 0.0201. The minimum Gasteiger partial charge on any atom is -0.454 e. The number of sulfonamides is 1. The van der Waals surface area contributed by atoms with Crippen LogP contribution in [-0.2, 0) is 14.8 Å². The lowest BCUT2D eigenvalue weighted by Crippen LogP contribution is -2.39. The van der Waals surface area contributed by atoms with Crippen LogP contribution >= 0.6 is 0 Å². The van der Waals surface area contributed by atoms with Gasteiger partial charge in [0.25, 0.3) is 0 Å². The van der Waals surface area contributed by atoms with Crippen LogP contribution in [0.25, 0.3) is 0 Å². The Morgan fingerprint density at radius 1 is 1.22 bits per heavy atom. The van der Waals surface area contributed by atoms with Crippen molar-refractivity contribution in [1.29, 1.82) is 0 Å². The number of nitrogens with one attached hydrogen (secondary N) is 1. The van der Waals surface area contributed by atoms with Crippen molar-refractivity contribution >= 4 is 21.6 Å². The first-order valence-electron chi connectivity index (χ1n) is 9.57. The first-order chi connectivity index (χ1) is 12.9. The smallest absolute Gasteiger partial charge is 0.232 e. The molecule has 4 rings (SSSR count). The normalized spacial score (nSPS) is 25.6. The molecule has 1 amide bonds. The first kappa shape index (κ1) is 18.4. The van der Waals surface area contributed by atoms with Gasteiger partial charge in [-0.15, -0.1) is 0 Å². The molecule has 3 atom stereocenters. The molecule has 0 radical (unpaired) electrons. The first-order valence-corrected chi connectivity index (χ1v) is 11.4. The fourth-order valence-electron chi connectivity index (χ4n) is 4.61. The van der Waals surface area contributed by atoms with Crippen LogP contribution in [0.15, 0.2) is 18.2 Å². The van der Waals surface area contributed by atoms with Crippen molar-refractivity contribution in [2.45, 2.75) is 44.6 Å². The van der Waals surface area contributed by atoms with E-state index in [1.54, 1.807) is 18.2 Å². The quantitative estimate of drug-likeness (QED) is 0.767. The van der Waals surface area contributed by atoms with Gasteiger partial charge in [0.2, 0.25) is 22.7 Å². The summed E-state index contributed by atoms with van der Waals surface area (Å²) in [5.74, 6) is 2.59. The Kier molecular flexibility index (Phi) is 4.92. The predicted molar refractivity (Wildman–Crippen MR) is 101 cm³/mol. The molecular weight excluding hydrogens is 368 g/mol. The third-order valence-electron chi connectivity index (χ3n) is 5.89. The lowest BCUT2D eigenvalue weighted by molar-refractivity contribution is -0.122. The molecular formula is C19H26N2O5S. The summed E-state index contributed by atoms with van der Waals surface area (Å²) in [4.78, 5) is 12.3. The van der Waals surface area contributed by atoms with Crippen LogP contribution in [0.1, 0.15) is 38.5 Å². The third-order valence-corrected chi connectivity index (χ3v) is 7.09. The number of anilines is 1. The lowest BCUT2D eigenvalue weighted by atomic mass is 9.95. The molecule has 1 aromatic rings. The number of nitrogens with zero attached hydrogens (tertiary/aromatic N) is 1. The van der Waals surface area contributed by atoms with Crippen LogP contribution in [0.2, 0.25) is 0 Å². The third kappa shape index (κ3) is 4.00. The standard InChI is InChI=1S/C19H26N2O5S/c1-27(23,24)21(15-6-7-17-18(11-15)26-12-25-17)8-2-3-19(22)20-16-10-13-4-5-14(16)9-13/h6-7,11,13-14,16H,2-5,8-10,12H2,1H3,(H,20,22)/t13-,14-,16+/m0/s1. The second-order valence-electron chi connectivity index (χ2n) is 7.83. The van der Waals surface area contributed by atoms with Gasteiger partial charge >= 0.3 is 0 Å². The van der Waals surface area contributed by atoms with Gasteiger partial charge in [0.05, 0.1) is 11.9 Å². The zero-order valence-corrected chi connectivity index (χ0v) is 16.3. The van der Waals surface area contributed by atoms with Crippen LogP contribution in [0.5, 0.6) is 11.5 Å². The van der Waals surface area contributed by atoms with E-state index in [2.05, 4.69) is 5.32 Å². The van der Waals surface area contributed by atoms with Crippen molar-refractivity contribution < 1.29 is 22.7 Å². The van der Waals surface area contributed by atoms with E-state index in [0.29, 0.717) is 42.0 Å². The zero-order chi connectivity index (χ0) is 19.0. The molecule has 148 valence electrons. The van der Waals surface area contributed by atoms with Gasteiger partial charge in [0.1, 0.15) is 0 Å². The monoisotopic (exact) mass is 394 g/mol. The maximum absolute atomic E-state index is 12.3. The van der Waals surface area contributed by atoms with Gasteiger partial charge < -0.3 is 14.8 Å². The Balaban J connectivity index is 1.33. The molecule has 2 fully saturated rings. The van der Waals surface area contributed by atoms with Crippen molar-refractivity contribution in [3.05, 3.63) is 18.2 Å². The average Bonchev–Trinajstić information content (AvgIpc) is 3.33. The Hall–Kier alpha value is -1.96. The number of amides is 1. The van der Waals surface area contributed by atoms with Crippen LogP contribution in [0.4, 0.5) is 5.69 Å². The molecule has 0 aromatic heterocycles. The fraction of sp³-hybridized carbons (Fsp3) is 0.632. The van der Waals surface area contributed by atoms with Gasteiger partial charge in [0, 0.05) is 25.1 Å². The van der Waals surface area contributed by atoms with Crippen LogP contribution in [0.3, 0.4) is 0 Å². The molecule has 1 aromatic carbocycles. The van der Waals surface area contributed by atoms with Gasteiger partial charge in [-0.05, 0) is 49.7 Å². The Bertz CT molecular complexity index is 825. The molecule has 0 unspecified atom stereocenters. The van der Waals surface area contributed by atoms with Gasteiger partial charge in [-0.3, -0.25) is 9.10 Å². The summed E-state index contributed by atoms with van der Waals surface area (Å²) in [6.45, 7) is 0.392. The Morgan fingerprint density at radius 2 is 2.04 bits per heavy atom. The maximum atomic E-state index is 12.3. The second-order valence-corrected chi connectivity index (χ2v) is 9.73. The molecule has 1 heterocycles. The number of rotatable bonds is 7. The molecule has 2 saturated carbocycles. The van der Waals surface area contributed by atoms with E-state index < -0.39 is 10.0 Å². The van der Waals surface area contributed by atoms with E-state index in [-0.39, 0.29) is 19.2 Å². The molecule has 2 aliphatic carbocycles. The van der Waals surface area contributed by atoms with Gasteiger partial charge in [-0.2, -0.15) is 0 Å². The Labute approximate surface area is 160 Å². The summed E-state index contributed by atoms with van der Waals surface area (Å²) in [5.41, 5.74) is 0.523. The molecule has 3 aliphatic rings. The summed E-state index contributed by atoms with van der Waals surface area (Å²) in [7, 11) is -3.46. The molecule has 27 heavy (non-hydrogen) atoms. The predicted octanol–water partition coefficient (Wildman–Crippen LogP) is 2.27. The number of benzene rings is 1. The second kappa shape index (κ2) is 7.22. The minimum atomic E-state index is -3.46. The van der Waals surface area contributed by atoms with Crippen LogP contribution in [-0.4, -0.2) is 40.0 Å². The van der Waals surface area contributed by atoms with Crippen molar-refractivity contribution in [3.63, 3.8) is 0 Å². The highest BCUT2D eigenvalue weighted by Crippen LogP contribution is 2.44. The van der Waals surface area contributed by atoms with Crippen LogP contribution in [0, 0.1) is 11.8 Å². The van der Waals surface area contributed by atoms with E-state index in [4.69, 9.17) is 9.47 Å². The SMILES string of the molecule is CS(=O)(=O)N(CCCC(=O)N[C@@H]1C[C@H]2CC[C@H]1C2)c1ccc2c(c1)OCO2. The number of ether oxygens (including phenoxy) is 2. The molecule has 7 nitrogen and oxygen atoms in total. The molecule has 2 bridgehead atoms. The molecule has 8 heteroatoms. The highest BCUT2D eigenvalue weighted by Gasteiger charge is 2.39. The van der Waals surface area contributed by atoms with Gasteiger partial charge in [0.15, 0.2) is 11.5 Å². The number of carbonyl (C=O) groups excluding carboxylic acids is 1. The van der Waals surface area contributed by atoms with E-state index in [1.807, 2.05) is 0 Å². The highest BCUT2D eigenvalue weighted by atomic mass is 32.2. The fourth-order valence-corrected chi connectivity index (χ4v) is 5.57. The number of carbonyl (C=O) groups is 1. The largest absolute Gasteiger partial charge is 0.454 e. The molecule has 0 spiro atoms. The van der Waals surface area contributed by atoms with E-state index in [1.165, 1.54) is 29.8 Å². The lowest BCUT2D eigenvalue weighted by Gasteiger charge is -2.24. The average molecular weight is 394 g/mol. The van der Waals surface area contributed by atoms with Crippen molar-refractivity contribution in [2.24, 2.45) is 11.8 Å². The molecule has 1 N–H and O–H groups in total.